The number of hydrogen-bond acceptors (Lipinski definition) is 4. The van der Waals surface area contributed by atoms with Crippen molar-refractivity contribution in [2.75, 3.05) is 9.80 Å². The molecule has 3 aliphatic heterocycles. The van der Waals surface area contributed by atoms with Gasteiger partial charge < -0.3 is 9.80 Å². The van der Waals surface area contributed by atoms with Gasteiger partial charge in [-0.2, -0.15) is 0 Å². The van der Waals surface area contributed by atoms with Crippen LogP contribution in [0.4, 0.5) is 28.4 Å². The fourth-order valence-corrected chi connectivity index (χ4v) is 12.1. The number of pyridine rings is 1. The maximum Gasteiger partial charge on any atom is 0.0818 e. The quantitative estimate of drug-likeness (QED) is 0.165. The molecule has 1 aliphatic carbocycles. The first-order valence-electron chi connectivity index (χ1n) is 24.9. The summed E-state index contributed by atoms with van der Waals surface area (Å²) in [6.45, 7) is 9.97. The number of aromatic nitrogens is 1. The van der Waals surface area contributed by atoms with Gasteiger partial charge in [-0.1, -0.05) is 167 Å². The summed E-state index contributed by atoms with van der Waals surface area (Å²) in [5.41, 5.74) is 18.9. The van der Waals surface area contributed by atoms with Crippen LogP contribution in [0.25, 0.3) is 60.8 Å². The average Bonchev–Trinajstić information content (AvgIpc) is 3.39. The molecule has 4 heteroatoms. The van der Waals surface area contributed by atoms with Crippen molar-refractivity contribution in [1.29, 1.82) is 0 Å². The third-order valence-electron chi connectivity index (χ3n) is 15.6. The molecular formula is C66H54N4. The van der Waals surface area contributed by atoms with Crippen LogP contribution >= 0.6 is 0 Å². The van der Waals surface area contributed by atoms with Gasteiger partial charge in [0.05, 0.1) is 29.3 Å². The molecule has 0 saturated carbocycles. The lowest BCUT2D eigenvalue weighted by Crippen LogP contribution is -2.34. The predicted molar refractivity (Wildman–Crippen MR) is 296 cm³/mol. The SMILES string of the molecule is CC1(C)C2=C(CCC=C2)N(c2ccc3c(-c4ccc5c(n4)CN=C/C=C\CC=C5)c4cc(N5c6ccccc6C(C)(C)c6ccccc65)ccc4c(-c4ccc5ccccc5c4)c3c2)c2ccccc21. The summed E-state index contributed by atoms with van der Waals surface area (Å²) in [5.74, 6) is 0. The Morgan fingerprint density at radius 3 is 1.87 bits per heavy atom. The van der Waals surface area contributed by atoms with Gasteiger partial charge in [-0.15, -0.1) is 0 Å². The molecule has 70 heavy (non-hydrogen) atoms. The van der Waals surface area contributed by atoms with Gasteiger partial charge in [0.15, 0.2) is 0 Å². The van der Waals surface area contributed by atoms with E-state index < -0.39 is 0 Å². The molecule has 9 aromatic rings. The molecule has 4 aliphatic rings. The van der Waals surface area contributed by atoms with E-state index >= 15 is 0 Å². The van der Waals surface area contributed by atoms with Crippen molar-refractivity contribution in [3.63, 3.8) is 0 Å². The van der Waals surface area contributed by atoms with Crippen molar-refractivity contribution >= 4 is 73.0 Å². The van der Waals surface area contributed by atoms with Crippen LogP contribution in [-0.2, 0) is 17.4 Å². The Morgan fingerprint density at radius 1 is 0.500 bits per heavy atom. The minimum atomic E-state index is -0.173. The highest BCUT2D eigenvalue weighted by molar-refractivity contribution is 6.23. The Kier molecular flexibility index (Phi) is 9.78. The van der Waals surface area contributed by atoms with Crippen molar-refractivity contribution in [3.8, 4) is 22.4 Å². The van der Waals surface area contributed by atoms with Crippen molar-refractivity contribution in [2.24, 2.45) is 4.99 Å². The van der Waals surface area contributed by atoms with Gasteiger partial charge in [-0.05, 0) is 151 Å². The predicted octanol–water partition coefficient (Wildman–Crippen LogP) is 17.6. The molecule has 4 heterocycles. The smallest absolute Gasteiger partial charge is 0.0818 e. The van der Waals surface area contributed by atoms with E-state index in [9.17, 15) is 0 Å². The van der Waals surface area contributed by atoms with Crippen LogP contribution in [0.15, 0.2) is 210 Å². The molecule has 0 amide bonds. The van der Waals surface area contributed by atoms with Gasteiger partial charge in [-0.3, -0.25) is 9.98 Å². The molecule has 4 nitrogen and oxygen atoms in total. The maximum atomic E-state index is 5.62. The first-order chi connectivity index (χ1) is 34.3. The standard InChI is InChI=1S/C66H54N4/c1-65(2)53-22-10-14-26-59(53)69(60-27-15-11-23-54(60)65)47-34-36-50-51(40-47)63(46-31-30-43-19-8-9-21-45(43)39-46)49-35-33-48(70-61-28-16-12-24-55(61)66(3,4)56-25-13-17-29-62(56)70)41-52(49)64(50)57-37-32-44-20-7-5-6-18-38-67-42-58(44)68-57/h6-14,16-26,28-41H,5,15,27,42H2,1-4H3/b18-6-,20-7?,67-38?. The summed E-state index contributed by atoms with van der Waals surface area (Å²) in [6.07, 6.45) is 18.1. The number of para-hydroxylation sites is 3. The first-order valence-corrected chi connectivity index (χ1v) is 24.9. The first kappa shape index (κ1) is 42.1. The number of fused-ring (bicyclic) bond motifs is 7. The Morgan fingerprint density at radius 2 is 1.13 bits per heavy atom. The number of hydrogen-bond donors (Lipinski definition) is 0. The van der Waals surface area contributed by atoms with E-state index in [2.05, 4.69) is 232 Å². The van der Waals surface area contributed by atoms with E-state index in [4.69, 9.17) is 9.98 Å². The number of allylic oxidation sites excluding steroid dienone is 7. The molecule has 8 aromatic carbocycles. The molecular weight excluding hydrogens is 849 g/mol. The highest BCUT2D eigenvalue weighted by atomic mass is 15.2. The second kappa shape index (κ2) is 16.3. The highest BCUT2D eigenvalue weighted by Crippen LogP contribution is 2.55. The summed E-state index contributed by atoms with van der Waals surface area (Å²) in [5, 5.41) is 7.14. The number of anilines is 5. The van der Waals surface area contributed by atoms with Crippen LogP contribution in [0.1, 0.15) is 74.9 Å². The summed E-state index contributed by atoms with van der Waals surface area (Å²) in [4.78, 5) is 15.5. The number of aliphatic imine (C=N–C) groups is 1. The van der Waals surface area contributed by atoms with E-state index in [-0.39, 0.29) is 10.8 Å². The van der Waals surface area contributed by atoms with E-state index in [1.807, 2.05) is 12.3 Å². The van der Waals surface area contributed by atoms with Gasteiger partial charge in [0.25, 0.3) is 0 Å². The van der Waals surface area contributed by atoms with Crippen molar-refractivity contribution in [2.45, 2.75) is 64.3 Å². The molecule has 0 unspecified atom stereocenters. The van der Waals surface area contributed by atoms with E-state index in [1.165, 1.54) is 77.7 Å². The van der Waals surface area contributed by atoms with Gasteiger partial charge in [0.2, 0.25) is 0 Å². The molecule has 0 saturated heterocycles. The van der Waals surface area contributed by atoms with Crippen LogP contribution in [0.2, 0.25) is 0 Å². The topological polar surface area (TPSA) is 31.7 Å². The third kappa shape index (κ3) is 6.57. The normalized spacial score (nSPS) is 17.0. The van der Waals surface area contributed by atoms with Crippen molar-refractivity contribution in [1.82, 2.24) is 4.98 Å². The zero-order valence-electron chi connectivity index (χ0n) is 40.2. The summed E-state index contributed by atoms with van der Waals surface area (Å²) >= 11 is 0. The minimum Gasteiger partial charge on any atom is -0.314 e. The fraction of sp³-hybridized carbons (Fsp3) is 0.152. The van der Waals surface area contributed by atoms with Crippen LogP contribution in [0.5, 0.6) is 0 Å². The van der Waals surface area contributed by atoms with Crippen LogP contribution in [0, 0.1) is 0 Å². The van der Waals surface area contributed by atoms with E-state index in [1.54, 1.807) is 0 Å². The molecule has 0 atom stereocenters. The second-order valence-corrected chi connectivity index (χ2v) is 20.3. The third-order valence-corrected chi connectivity index (χ3v) is 15.6. The fourth-order valence-electron chi connectivity index (χ4n) is 12.1. The van der Waals surface area contributed by atoms with Crippen molar-refractivity contribution < 1.29 is 0 Å². The minimum absolute atomic E-state index is 0.123. The molecule has 338 valence electrons. The van der Waals surface area contributed by atoms with Gasteiger partial charge in [0.1, 0.15) is 0 Å². The zero-order chi connectivity index (χ0) is 47.1. The highest BCUT2D eigenvalue weighted by Gasteiger charge is 2.39. The zero-order valence-corrected chi connectivity index (χ0v) is 40.2. The monoisotopic (exact) mass is 902 g/mol. The van der Waals surface area contributed by atoms with Gasteiger partial charge in [-0.25, -0.2) is 0 Å². The molecule has 1 aromatic heterocycles. The lowest BCUT2D eigenvalue weighted by molar-refractivity contribution is 0.603. The molecule has 0 fully saturated rings. The number of benzene rings is 8. The number of rotatable bonds is 4. The second-order valence-electron chi connectivity index (χ2n) is 20.3. The Labute approximate surface area is 411 Å². The summed E-state index contributed by atoms with van der Waals surface area (Å²) in [6, 6.07) is 61.6. The molecule has 0 N–H and O–H groups in total. The van der Waals surface area contributed by atoms with Crippen LogP contribution < -0.4 is 9.80 Å². The molecule has 0 spiro atoms. The molecule has 0 bridgehead atoms. The Balaban J connectivity index is 1.14. The maximum absolute atomic E-state index is 5.62. The van der Waals surface area contributed by atoms with E-state index in [0.717, 1.165) is 63.9 Å². The lowest BCUT2D eigenvalue weighted by atomic mass is 9.71. The van der Waals surface area contributed by atoms with Gasteiger partial charge in [0, 0.05) is 45.4 Å². The van der Waals surface area contributed by atoms with Crippen LogP contribution in [-0.4, -0.2) is 11.2 Å². The van der Waals surface area contributed by atoms with E-state index in [0.29, 0.717) is 6.54 Å². The molecule has 0 radical (unpaired) electrons. The largest absolute Gasteiger partial charge is 0.314 e. The molecule has 13 rings (SSSR count). The average molecular weight is 903 g/mol. The van der Waals surface area contributed by atoms with Crippen molar-refractivity contribution in [3.05, 3.63) is 233 Å². The lowest BCUT2D eigenvalue weighted by Gasteiger charge is -2.44. The summed E-state index contributed by atoms with van der Waals surface area (Å²) < 4.78 is 0. The van der Waals surface area contributed by atoms with Gasteiger partial charge >= 0.3 is 0 Å². The summed E-state index contributed by atoms with van der Waals surface area (Å²) in [7, 11) is 0. The number of nitrogens with zero attached hydrogens (tertiary/aromatic N) is 4. The Hall–Kier alpha value is -8.08. The Bertz CT molecular complexity index is 3750. The van der Waals surface area contributed by atoms with Crippen LogP contribution in [0.3, 0.4) is 0 Å².